The van der Waals surface area contributed by atoms with E-state index in [1.54, 1.807) is 0 Å². The van der Waals surface area contributed by atoms with Crippen LogP contribution in [0.5, 0.6) is 0 Å². The summed E-state index contributed by atoms with van der Waals surface area (Å²) >= 11 is 0. The zero-order valence-electron chi connectivity index (χ0n) is 11.5. The van der Waals surface area contributed by atoms with Gasteiger partial charge in [0.05, 0.1) is 6.54 Å². The van der Waals surface area contributed by atoms with E-state index in [0.29, 0.717) is 0 Å². The zero-order valence-corrected chi connectivity index (χ0v) is 12.2. The van der Waals surface area contributed by atoms with Crippen molar-refractivity contribution in [1.82, 2.24) is 0 Å². The minimum absolute atomic E-state index is 0. The Kier molecular flexibility index (Phi) is 5.81. The summed E-state index contributed by atoms with van der Waals surface area (Å²) in [4.78, 5) is 0. The van der Waals surface area contributed by atoms with Crippen LogP contribution in [0.4, 0.5) is 0 Å². The summed E-state index contributed by atoms with van der Waals surface area (Å²) in [5.74, 6) is 0. The van der Waals surface area contributed by atoms with Gasteiger partial charge in [0.1, 0.15) is 0 Å². The third kappa shape index (κ3) is 3.46. The van der Waals surface area contributed by atoms with Crippen molar-refractivity contribution in [1.29, 1.82) is 0 Å². The Morgan fingerprint density at radius 3 is 1.68 bits per heavy atom. The van der Waals surface area contributed by atoms with E-state index < -0.39 is 0 Å². The van der Waals surface area contributed by atoms with Gasteiger partial charge >= 0.3 is 0 Å². The molecule has 2 aromatic rings. The first-order chi connectivity index (χ1) is 8.74. The summed E-state index contributed by atoms with van der Waals surface area (Å²) in [5, 5.41) is 0. The van der Waals surface area contributed by atoms with Gasteiger partial charge < -0.3 is 18.1 Å². The van der Waals surface area contributed by atoms with Crippen LogP contribution < -0.4 is 18.1 Å². The highest BCUT2D eigenvalue weighted by atomic mass is 35.5. The highest BCUT2D eigenvalue weighted by Gasteiger charge is 2.09. The van der Waals surface area contributed by atoms with E-state index in [2.05, 4.69) is 74.2 Å². The van der Waals surface area contributed by atoms with Crippen molar-refractivity contribution >= 4 is 5.57 Å². The number of quaternary nitrogens is 1. The summed E-state index contributed by atoms with van der Waals surface area (Å²) in [6, 6.07) is 17.0. The lowest BCUT2D eigenvalue weighted by Gasteiger charge is -2.13. The van der Waals surface area contributed by atoms with Gasteiger partial charge in [-0.1, -0.05) is 48.5 Å². The predicted molar refractivity (Wildman–Crippen MR) is 77.2 cm³/mol. The normalized spacial score (nSPS) is 9.63. The molecule has 0 amide bonds. The van der Waals surface area contributed by atoms with Crippen molar-refractivity contribution < 1.29 is 18.1 Å². The first-order valence-electron chi connectivity index (χ1n) is 6.35. The van der Waals surface area contributed by atoms with E-state index in [0.717, 1.165) is 6.54 Å². The van der Waals surface area contributed by atoms with E-state index in [1.165, 1.54) is 27.8 Å². The molecule has 2 aromatic carbocycles. The van der Waals surface area contributed by atoms with Crippen molar-refractivity contribution in [3.8, 4) is 0 Å². The van der Waals surface area contributed by atoms with Gasteiger partial charge in [-0.25, -0.2) is 0 Å². The number of rotatable bonds is 3. The molecule has 0 unspecified atom stereocenters. The maximum Gasteiger partial charge on any atom is 0.0936 e. The Hall–Kier alpha value is -1.57. The van der Waals surface area contributed by atoms with Crippen LogP contribution >= 0.6 is 0 Å². The largest absolute Gasteiger partial charge is 1.00 e. The molecule has 0 aromatic heterocycles. The van der Waals surface area contributed by atoms with Crippen LogP contribution in [0, 0.1) is 13.8 Å². The molecule has 1 nitrogen and oxygen atoms in total. The molecule has 0 heterocycles. The maximum absolute atomic E-state index is 3.96. The van der Waals surface area contributed by atoms with E-state index >= 15 is 0 Å². The van der Waals surface area contributed by atoms with Crippen molar-refractivity contribution in [3.63, 3.8) is 0 Å². The van der Waals surface area contributed by atoms with E-state index in [-0.39, 0.29) is 12.4 Å². The molecule has 0 bridgehead atoms. The molecular formula is C17H20ClN. The van der Waals surface area contributed by atoms with Crippen molar-refractivity contribution in [3.05, 3.63) is 76.9 Å². The molecule has 0 saturated heterocycles. The zero-order chi connectivity index (χ0) is 13.0. The molecule has 100 valence electrons. The summed E-state index contributed by atoms with van der Waals surface area (Å²) < 4.78 is 0. The second-order valence-electron chi connectivity index (χ2n) is 4.54. The first-order valence-corrected chi connectivity index (χ1v) is 6.35. The smallest absolute Gasteiger partial charge is 0.0936 e. The number of halogens is 1. The molecule has 0 aliphatic rings. The number of hydrogen-bond acceptors (Lipinski definition) is 0. The third-order valence-corrected chi connectivity index (χ3v) is 3.22. The molecule has 0 atom stereocenters. The summed E-state index contributed by atoms with van der Waals surface area (Å²) in [6.45, 7) is 5.12. The van der Waals surface area contributed by atoms with Crippen LogP contribution in [-0.2, 0) is 0 Å². The van der Waals surface area contributed by atoms with Crippen molar-refractivity contribution in [2.45, 2.75) is 13.8 Å². The quantitative estimate of drug-likeness (QED) is 0.814. The van der Waals surface area contributed by atoms with Gasteiger partial charge in [0, 0.05) is 0 Å². The standard InChI is InChI=1S/C17H19N.ClH/c1-13-7-3-5-9-15(13)17(11-12-18)16-10-6-4-8-14(16)2;/h3-11H,12,18H2,1-2H3;1H. The molecule has 0 spiro atoms. The van der Waals surface area contributed by atoms with E-state index in [1.807, 2.05) is 0 Å². The van der Waals surface area contributed by atoms with Gasteiger partial charge in [-0.3, -0.25) is 0 Å². The Morgan fingerprint density at radius 1 is 0.895 bits per heavy atom. The second-order valence-corrected chi connectivity index (χ2v) is 4.54. The molecule has 0 saturated carbocycles. The number of hydrogen-bond donors (Lipinski definition) is 1. The van der Waals surface area contributed by atoms with Crippen LogP contribution in [0.1, 0.15) is 22.3 Å². The fraction of sp³-hybridized carbons (Fsp3) is 0.176. The van der Waals surface area contributed by atoms with Gasteiger partial charge in [0.15, 0.2) is 0 Å². The second kappa shape index (κ2) is 7.13. The van der Waals surface area contributed by atoms with Crippen LogP contribution in [0.15, 0.2) is 54.6 Å². The highest BCUT2D eigenvalue weighted by molar-refractivity contribution is 5.82. The third-order valence-electron chi connectivity index (χ3n) is 3.22. The molecular weight excluding hydrogens is 254 g/mol. The first kappa shape index (κ1) is 15.5. The number of aryl methyl sites for hydroxylation is 2. The van der Waals surface area contributed by atoms with Crippen LogP contribution in [0.25, 0.3) is 5.57 Å². The van der Waals surface area contributed by atoms with Crippen molar-refractivity contribution in [2.75, 3.05) is 6.54 Å². The van der Waals surface area contributed by atoms with Crippen LogP contribution in [0.2, 0.25) is 0 Å². The Bertz CT molecular complexity index is 525. The Morgan fingerprint density at radius 2 is 1.32 bits per heavy atom. The Labute approximate surface area is 121 Å². The van der Waals surface area contributed by atoms with E-state index in [4.69, 9.17) is 0 Å². The van der Waals surface area contributed by atoms with Gasteiger partial charge in [-0.15, -0.1) is 0 Å². The van der Waals surface area contributed by atoms with Crippen molar-refractivity contribution in [2.24, 2.45) is 0 Å². The molecule has 19 heavy (non-hydrogen) atoms. The minimum Gasteiger partial charge on any atom is -1.00 e. The monoisotopic (exact) mass is 273 g/mol. The van der Waals surface area contributed by atoms with Crippen LogP contribution in [-0.4, -0.2) is 6.54 Å². The predicted octanol–water partition coefficient (Wildman–Crippen LogP) is -0.0190. The fourth-order valence-electron chi connectivity index (χ4n) is 2.26. The highest BCUT2D eigenvalue weighted by Crippen LogP contribution is 2.27. The molecule has 3 N–H and O–H groups in total. The molecule has 2 heteroatoms. The maximum atomic E-state index is 3.96. The van der Waals surface area contributed by atoms with Gasteiger partial charge in [-0.05, 0) is 47.8 Å². The van der Waals surface area contributed by atoms with Gasteiger partial charge in [0.25, 0.3) is 0 Å². The molecule has 0 aliphatic heterocycles. The van der Waals surface area contributed by atoms with Gasteiger partial charge in [-0.2, -0.15) is 0 Å². The van der Waals surface area contributed by atoms with E-state index in [9.17, 15) is 0 Å². The lowest BCUT2D eigenvalue weighted by molar-refractivity contribution is -0.352. The molecule has 0 radical (unpaired) electrons. The summed E-state index contributed by atoms with van der Waals surface area (Å²) in [6.07, 6.45) is 2.21. The lowest BCUT2D eigenvalue weighted by atomic mass is 9.91. The molecule has 0 fully saturated rings. The summed E-state index contributed by atoms with van der Waals surface area (Å²) in [7, 11) is 0. The topological polar surface area (TPSA) is 27.6 Å². The summed E-state index contributed by atoms with van der Waals surface area (Å²) in [5.41, 5.74) is 10.5. The minimum atomic E-state index is 0. The number of benzene rings is 2. The average Bonchev–Trinajstić information content (AvgIpc) is 2.38. The van der Waals surface area contributed by atoms with Gasteiger partial charge in [0.2, 0.25) is 0 Å². The molecule has 0 aliphatic carbocycles. The average molecular weight is 274 g/mol. The Balaban J connectivity index is 0.00000180. The SMILES string of the molecule is Cc1ccccc1C(=CC[NH3+])c1ccccc1C.[Cl-]. The fourth-order valence-corrected chi connectivity index (χ4v) is 2.26. The molecule has 2 rings (SSSR count). The lowest BCUT2D eigenvalue weighted by Crippen LogP contribution is -3.00. The van der Waals surface area contributed by atoms with Crippen LogP contribution in [0.3, 0.4) is 0 Å².